The summed E-state index contributed by atoms with van der Waals surface area (Å²) in [7, 11) is 0. The molecule has 0 aliphatic carbocycles. The molecule has 0 spiro atoms. The average molecular weight is 404 g/mol. The first-order valence-electron chi connectivity index (χ1n) is 8.44. The van der Waals surface area contributed by atoms with Crippen molar-refractivity contribution in [2.75, 3.05) is 0 Å². The minimum atomic E-state index is 0.372. The van der Waals surface area contributed by atoms with E-state index >= 15 is 0 Å². The van der Waals surface area contributed by atoms with Crippen LogP contribution in [0.3, 0.4) is 0 Å². The predicted molar refractivity (Wildman–Crippen MR) is 112 cm³/mol. The fourth-order valence-corrected chi connectivity index (χ4v) is 5.08. The number of halogens is 2. The molecule has 26 heavy (non-hydrogen) atoms. The molecule has 135 valence electrons. The zero-order valence-electron chi connectivity index (χ0n) is 15.1. The van der Waals surface area contributed by atoms with Crippen molar-refractivity contribution in [1.29, 1.82) is 0 Å². The molecule has 0 aliphatic rings. The molecule has 0 aliphatic heterocycles. The van der Waals surface area contributed by atoms with Gasteiger partial charge >= 0.3 is 0 Å². The van der Waals surface area contributed by atoms with Crippen LogP contribution in [0.15, 0.2) is 52.6 Å². The summed E-state index contributed by atoms with van der Waals surface area (Å²) in [5.74, 6) is 0.372. The van der Waals surface area contributed by atoms with Crippen molar-refractivity contribution in [3.63, 3.8) is 0 Å². The molecule has 0 saturated carbocycles. The average Bonchev–Trinajstić information content (AvgIpc) is 2.79. The molecule has 0 amide bonds. The van der Waals surface area contributed by atoms with Crippen LogP contribution in [0, 0.1) is 13.8 Å². The number of rotatable bonds is 5. The Kier molecular flexibility index (Phi) is 6.01. The Morgan fingerprint density at radius 1 is 1.12 bits per heavy atom. The molecule has 0 fully saturated rings. The molecule has 3 aromatic rings. The minimum absolute atomic E-state index is 0.372. The summed E-state index contributed by atoms with van der Waals surface area (Å²) in [6.45, 7) is 11.7. The van der Waals surface area contributed by atoms with Crippen molar-refractivity contribution in [3.8, 4) is 0 Å². The molecule has 1 radical (unpaired) electrons. The standard InChI is InChI=1S/C21H21Cl2N2S/c1-13(2)20-14(3)15(4)25(12-16-5-7-24-8-6-16)21(20)26-19-10-17(22)9-18(23)11-19/h5-11,13H,3,12H2,1-2,4H3. The second-order valence-corrected chi connectivity index (χ2v) is 8.52. The smallest absolute Gasteiger partial charge is 0.0839 e. The minimum Gasteiger partial charge on any atom is -0.335 e. The van der Waals surface area contributed by atoms with Crippen LogP contribution in [-0.4, -0.2) is 9.55 Å². The van der Waals surface area contributed by atoms with Crippen LogP contribution in [0.1, 0.15) is 42.1 Å². The van der Waals surface area contributed by atoms with Gasteiger partial charge in [-0.25, -0.2) is 0 Å². The third-order valence-electron chi connectivity index (χ3n) is 4.36. The number of aromatic nitrogens is 2. The maximum atomic E-state index is 6.20. The predicted octanol–water partition coefficient (Wildman–Crippen LogP) is 7.00. The van der Waals surface area contributed by atoms with Crippen LogP contribution >= 0.6 is 35.0 Å². The van der Waals surface area contributed by atoms with Gasteiger partial charge in [-0.2, -0.15) is 0 Å². The van der Waals surface area contributed by atoms with Gasteiger partial charge in [-0.3, -0.25) is 4.98 Å². The fourth-order valence-electron chi connectivity index (χ4n) is 3.05. The van der Waals surface area contributed by atoms with E-state index < -0.39 is 0 Å². The number of pyridine rings is 1. The van der Waals surface area contributed by atoms with E-state index in [1.807, 2.05) is 36.7 Å². The molecule has 2 aromatic heterocycles. The SMILES string of the molecule is [CH2]c1c(C(C)C)c(Sc2cc(Cl)cc(Cl)c2)n(Cc2ccncc2)c1C. The summed E-state index contributed by atoms with van der Waals surface area (Å²) in [6, 6.07) is 9.74. The molecule has 3 rings (SSSR count). The Morgan fingerprint density at radius 3 is 2.31 bits per heavy atom. The van der Waals surface area contributed by atoms with Gasteiger partial charge < -0.3 is 4.57 Å². The maximum Gasteiger partial charge on any atom is 0.0839 e. The first-order chi connectivity index (χ1) is 12.4. The number of benzene rings is 1. The number of hydrogen-bond acceptors (Lipinski definition) is 2. The number of hydrogen-bond donors (Lipinski definition) is 0. The van der Waals surface area contributed by atoms with Crippen molar-refractivity contribution < 1.29 is 0 Å². The van der Waals surface area contributed by atoms with Gasteiger partial charge in [0.25, 0.3) is 0 Å². The van der Waals surface area contributed by atoms with Crippen LogP contribution < -0.4 is 0 Å². The highest BCUT2D eigenvalue weighted by Gasteiger charge is 2.21. The van der Waals surface area contributed by atoms with Gasteiger partial charge in [0.1, 0.15) is 0 Å². The van der Waals surface area contributed by atoms with E-state index in [0.29, 0.717) is 16.0 Å². The molecule has 0 bridgehead atoms. The molecule has 0 unspecified atom stereocenters. The van der Waals surface area contributed by atoms with Crippen molar-refractivity contribution in [1.82, 2.24) is 9.55 Å². The van der Waals surface area contributed by atoms with Crippen molar-refractivity contribution in [2.45, 2.75) is 43.2 Å². The van der Waals surface area contributed by atoms with E-state index in [1.165, 1.54) is 21.8 Å². The zero-order chi connectivity index (χ0) is 18.8. The van der Waals surface area contributed by atoms with E-state index in [0.717, 1.165) is 17.0 Å². The summed E-state index contributed by atoms with van der Waals surface area (Å²) in [6.07, 6.45) is 3.65. The van der Waals surface area contributed by atoms with Gasteiger partial charge in [0.05, 0.1) is 5.03 Å². The van der Waals surface area contributed by atoms with Gasteiger partial charge in [-0.15, -0.1) is 0 Å². The van der Waals surface area contributed by atoms with E-state index in [-0.39, 0.29) is 0 Å². The highest BCUT2D eigenvalue weighted by Crippen LogP contribution is 2.40. The third-order valence-corrected chi connectivity index (χ3v) is 5.90. The van der Waals surface area contributed by atoms with Crippen molar-refractivity contribution >= 4 is 35.0 Å². The van der Waals surface area contributed by atoms with Crippen LogP contribution in [0.2, 0.25) is 10.0 Å². The summed E-state index contributed by atoms with van der Waals surface area (Å²) in [5.41, 5.74) is 4.77. The molecule has 2 heterocycles. The highest BCUT2D eigenvalue weighted by molar-refractivity contribution is 7.99. The highest BCUT2D eigenvalue weighted by atomic mass is 35.5. The first kappa shape index (κ1) is 19.3. The monoisotopic (exact) mass is 403 g/mol. The topological polar surface area (TPSA) is 17.8 Å². The Hall–Kier alpha value is -1.42. The van der Waals surface area contributed by atoms with Crippen molar-refractivity contribution in [2.24, 2.45) is 0 Å². The molecular weight excluding hydrogens is 383 g/mol. The molecule has 1 aromatic carbocycles. The molecule has 5 heteroatoms. The Morgan fingerprint density at radius 2 is 1.73 bits per heavy atom. The van der Waals surface area contributed by atoms with Gasteiger partial charge in [-0.05, 0) is 66.8 Å². The quantitative estimate of drug-likeness (QED) is 0.455. The summed E-state index contributed by atoms with van der Waals surface area (Å²) >= 11 is 14.1. The lowest BCUT2D eigenvalue weighted by atomic mass is 10.0. The second-order valence-electron chi connectivity index (χ2n) is 6.59. The molecule has 2 nitrogen and oxygen atoms in total. The van der Waals surface area contributed by atoms with E-state index in [4.69, 9.17) is 23.2 Å². The van der Waals surface area contributed by atoms with Gasteiger partial charge in [0, 0.05) is 39.6 Å². The lowest BCUT2D eigenvalue weighted by Gasteiger charge is -2.15. The van der Waals surface area contributed by atoms with Crippen LogP contribution in [0.25, 0.3) is 0 Å². The Bertz CT molecular complexity index is 897. The van der Waals surface area contributed by atoms with Crippen molar-refractivity contribution in [3.05, 3.63) is 82.1 Å². The Labute approximate surface area is 169 Å². The lowest BCUT2D eigenvalue weighted by Crippen LogP contribution is -2.04. The van der Waals surface area contributed by atoms with Crippen LogP contribution in [-0.2, 0) is 6.54 Å². The molecular formula is C21H21Cl2N2S. The fraction of sp³-hybridized carbons (Fsp3) is 0.238. The molecule has 0 atom stereocenters. The van der Waals surface area contributed by atoms with Gasteiger partial charge in [0.15, 0.2) is 0 Å². The van der Waals surface area contributed by atoms with E-state index in [9.17, 15) is 0 Å². The maximum absolute atomic E-state index is 6.20. The Balaban J connectivity index is 2.10. The molecule has 0 saturated heterocycles. The summed E-state index contributed by atoms with van der Waals surface area (Å²) in [5, 5.41) is 2.48. The van der Waals surface area contributed by atoms with Gasteiger partial charge in [0.2, 0.25) is 0 Å². The van der Waals surface area contributed by atoms with Gasteiger partial charge in [-0.1, -0.05) is 48.8 Å². The zero-order valence-corrected chi connectivity index (χ0v) is 17.4. The van der Waals surface area contributed by atoms with E-state index in [1.54, 1.807) is 17.8 Å². The van der Waals surface area contributed by atoms with Crippen LogP contribution in [0.5, 0.6) is 0 Å². The summed E-state index contributed by atoms with van der Waals surface area (Å²) < 4.78 is 2.33. The molecule has 0 N–H and O–H groups in total. The normalized spacial score (nSPS) is 11.3. The second kappa shape index (κ2) is 8.08. The number of nitrogens with zero attached hydrogens (tertiary/aromatic N) is 2. The van der Waals surface area contributed by atoms with Crippen LogP contribution in [0.4, 0.5) is 0 Å². The largest absolute Gasteiger partial charge is 0.335 e. The van der Waals surface area contributed by atoms with E-state index in [2.05, 4.69) is 37.2 Å². The third kappa shape index (κ3) is 4.11. The first-order valence-corrected chi connectivity index (χ1v) is 10.0. The summed E-state index contributed by atoms with van der Waals surface area (Å²) in [4.78, 5) is 5.14. The lowest BCUT2D eigenvalue weighted by molar-refractivity contribution is 0.689.